The van der Waals surface area contributed by atoms with Gasteiger partial charge in [0, 0.05) is 15.6 Å². The summed E-state index contributed by atoms with van der Waals surface area (Å²) in [7, 11) is 0. The van der Waals surface area contributed by atoms with E-state index in [-0.39, 0.29) is 0 Å². The highest BCUT2D eigenvalue weighted by Crippen LogP contribution is 2.32. The van der Waals surface area contributed by atoms with Crippen molar-refractivity contribution >= 4 is 23.2 Å². The van der Waals surface area contributed by atoms with Gasteiger partial charge < -0.3 is 14.9 Å². The molecule has 0 aliphatic heterocycles. The van der Waals surface area contributed by atoms with Crippen LogP contribution in [-0.2, 0) is 4.74 Å². The molecule has 0 aliphatic carbocycles. The molecule has 0 aromatic heterocycles. The quantitative estimate of drug-likeness (QED) is 0.724. The first-order valence-corrected chi connectivity index (χ1v) is 5.40. The van der Waals surface area contributed by atoms with Crippen LogP contribution in [-0.4, -0.2) is 22.7 Å². The second-order valence-corrected chi connectivity index (χ2v) is 4.13. The van der Waals surface area contributed by atoms with Crippen molar-refractivity contribution in [2.24, 2.45) is 5.73 Å². The van der Waals surface area contributed by atoms with Crippen LogP contribution in [0.2, 0.25) is 10.0 Å². The second-order valence-electron chi connectivity index (χ2n) is 3.31. The average Bonchev–Trinajstić information content (AvgIpc) is 2.16. The topological polar surface area (TPSA) is 75.7 Å². The molecule has 0 fully saturated rings. The summed E-state index contributed by atoms with van der Waals surface area (Å²) in [6, 6.07) is 4.89. The maximum Gasteiger partial charge on any atom is 0.211 e. The van der Waals surface area contributed by atoms with Crippen LogP contribution in [0.1, 0.15) is 18.6 Å². The minimum atomic E-state index is -1.45. The third-order valence-corrected chi connectivity index (χ3v) is 2.75. The predicted octanol–water partition coefficient (Wildman–Crippen LogP) is 1.67. The molecule has 0 saturated carbocycles. The van der Waals surface area contributed by atoms with E-state index in [4.69, 9.17) is 38.8 Å². The normalized spacial score (nSPS) is 16.9. The lowest BCUT2D eigenvalue weighted by atomic mass is 10.1. The van der Waals surface area contributed by atoms with Gasteiger partial charge in [-0.2, -0.15) is 0 Å². The van der Waals surface area contributed by atoms with E-state index in [1.54, 1.807) is 25.1 Å². The molecule has 0 heterocycles. The fourth-order valence-corrected chi connectivity index (χ4v) is 1.94. The molecule has 1 aromatic carbocycles. The van der Waals surface area contributed by atoms with Gasteiger partial charge in [0.2, 0.25) is 6.41 Å². The molecule has 0 radical (unpaired) electrons. The lowest BCUT2D eigenvalue weighted by Crippen LogP contribution is -2.31. The van der Waals surface area contributed by atoms with Crippen LogP contribution in [0, 0.1) is 0 Å². The summed E-state index contributed by atoms with van der Waals surface area (Å²) < 4.78 is 4.84. The van der Waals surface area contributed by atoms with Gasteiger partial charge in [-0.05, 0) is 19.1 Å². The molecule has 1 aromatic rings. The van der Waals surface area contributed by atoms with E-state index in [1.165, 1.54) is 0 Å². The molecule has 3 atom stereocenters. The molecule has 6 heteroatoms. The van der Waals surface area contributed by atoms with Gasteiger partial charge in [0.15, 0.2) is 0 Å². The number of nitrogens with two attached hydrogens (primary N) is 1. The van der Waals surface area contributed by atoms with Crippen molar-refractivity contribution in [2.45, 2.75) is 25.5 Å². The zero-order valence-corrected chi connectivity index (χ0v) is 10.1. The number of halogens is 2. The first-order valence-electron chi connectivity index (χ1n) is 4.64. The van der Waals surface area contributed by atoms with Crippen LogP contribution < -0.4 is 5.73 Å². The Bertz CT molecular complexity index is 340. The lowest BCUT2D eigenvalue weighted by molar-refractivity contribution is -0.156. The van der Waals surface area contributed by atoms with E-state index >= 15 is 0 Å². The van der Waals surface area contributed by atoms with Gasteiger partial charge in [0.05, 0.1) is 6.10 Å². The molecule has 0 amide bonds. The van der Waals surface area contributed by atoms with Gasteiger partial charge in [-0.25, -0.2) is 0 Å². The number of aliphatic hydroxyl groups excluding tert-OH is 2. The Balaban J connectivity index is 2.91. The van der Waals surface area contributed by atoms with Gasteiger partial charge in [0.1, 0.15) is 6.10 Å². The molecule has 0 saturated heterocycles. The summed E-state index contributed by atoms with van der Waals surface area (Å²) in [5.74, 6) is 0. The minimum Gasteiger partial charge on any atom is -0.386 e. The van der Waals surface area contributed by atoms with Crippen LogP contribution in [0.4, 0.5) is 0 Å². The van der Waals surface area contributed by atoms with Crippen molar-refractivity contribution < 1.29 is 14.9 Å². The van der Waals surface area contributed by atoms with E-state index in [0.717, 1.165) is 0 Å². The number of aliphatic hydroxyl groups is 2. The molecule has 90 valence electrons. The Morgan fingerprint density at radius 2 is 1.75 bits per heavy atom. The molecule has 16 heavy (non-hydrogen) atoms. The molecule has 0 spiro atoms. The molecular weight excluding hydrogens is 253 g/mol. The lowest BCUT2D eigenvalue weighted by Gasteiger charge is -2.22. The summed E-state index contributed by atoms with van der Waals surface area (Å²) in [6.07, 6.45) is -3.23. The van der Waals surface area contributed by atoms with Gasteiger partial charge in [-0.3, -0.25) is 5.73 Å². The Labute approximate surface area is 104 Å². The predicted molar refractivity (Wildman–Crippen MR) is 62.2 cm³/mol. The molecule has 4 nitrogen and oxygen atoms in total. The molecule has 0 bridgehead atoms. The summed E-state index contributed by atoms with van der Waals surface area (Å²) in [4.78, 5) is 0. The minimum absolute atomic E-state index is 0.335. The molecular formula is C10H13Cl2NO3. The first kappa shape index (κ1) is 13.7. The zero-order valence-electron chi connectivity index (χ0n) is 8.60. The first-order chi connectivity index (χ1) is 7.43. The monoisotopic (exact) mass is 265 g/mol. The average molecular weight is 266 g/mol. The second kappa shape index (κ2) is 5.82. The van der Waals surface area contributed by atoms with E-state index in [2.05, 4.69) is 0 Å². The molecule has 4 N–H and O–H groups in total. The van der Waals surface area contributed by atoms with Crippen LogP contribution in [0.15, 0.2) is 18.2 Å². The van der Waals surface area contributed by atoms with Gasteiger partial charge >= 0.3 is 0 Å². The fourth-order valence-electron chi connectivity index (χ4n) is 1.32. The van der Waals surface area contributed by atoms with Crippen molar-refractivity contribution in [3.8, 4) is 0 Å². The van der Waals surface area contributed by atoms with E-state index in [9.17, 15) is 5.11 Å². The maximum absolute atomic E-state index is 9.94. The maximum atomic E-state index is 9.94. The van der Waals surface area contributed by atoms with Crippen molar-refractivity contribution in [1.29, 1.82) is 0 Å². The van der Waals surface area contributed by atoms with E-state index < -0.39 is 18.6 Å². The summed E-state index contributed by atoms with van der Waals surface area (Å²) in [5.41, 5.74) is 5.40. The Kier molecular flexibility index (Phi) is 4.98. The Morgan fingerprint density at radius 1 is 1.25 bits per heavy atom. The van der Waals surface area contributed by atoms with E-state index in [1.807, 2.05) is 0 Å². The SMILES string of the molecule is CC(OC(N)O)C(O)c1c(Cl)cccc1Cl. The highest BCUT2D eigenvalue weighted by atomic mass is 35.5. The highest BCUT2D eigenvalue weighted by Gasteiger charge is 2.23. The van der Waals surface area contributed by atoms with Crippen LogP contribution in [0.25, 0.3) is 0 Å². The van der Waals surface area contributed by atoms with E-state index in [0.29, 0.717) is 15.6 Å². The van der Waals surface area contributed by atoms with Gasteiger partial charge in [-0.1, -0.05) is 29.3 Å². The Morgan fingerprint density at radius 3 is 2.19 bits per heavy atom. The fraction of sp³-hybridized carbons (Fsp3) is 0.400. The number of benzene rings is 1. The van der Waals surface area contributed by atoms with Gasteiger partial charge in [0.25, 0.3) is 0 Å². The largest absolute Gasteiger partial charge is 0.386 e. The van der Waals surface area contributed by atoms with Crippen LogP contribution >= 0.6 is 23.2 Å². The summed E-state index contributed by atoms with van der Waals surface area (Å²) >= 11 is 11.8. The van der Waals surface area contributed by atoms with Crippen molar-refractivity contribution in [3.63, 3.8) is 0 Å². The highest BCUT2D eigenvalue weighted by molar-refractivity contribution is 6.36. The van der Waals surface area contributed by atoms with Crippen LogP contribution in [0.5, 0.6) is 0 Å². The molecule has 1 rings (SSSR count). The zero-order chi connectivity index (χ0) is 12.3. The van der Waals surface area contributed by atoms with Crippen molar-refractivity contribution in [1.82, 2.24) is 0 Å². The summed E-state index contributed by atoms with van der Waals surface area (Å²) in [5, 5.41) is 19.4. The number of rotatable bonds is 4. The number of ether oxygens (including phenoxy) is 1. The van der Waals surface area contributed by atoms with Gasteiger partial charge in [-0.15, -0.1) is 0 Å². The smallest absolute Gasteiger partial charge is 0.211 e. The molecule has 3 unspecified atom stereocenters. The molecule has 0 aliphatic rings. The van der Waals surface area contributed by atoms with Crippen molar-refractivity contribution in [2.75, 3.05) is 0 Å². The third-order valence-electron chi connectivity index (χ3n) is 2.09. The standard InChI is InChI=1S/C10H13Cl2NO3/c1-5(16-10(13)15)9(14)8-6(11)3-2-4-7(8)12/h2-5,9-10,14-15H,13H2,1H3. The Hall–Kier alpha value is -0.360. The third kappa shape index (κ3) is 3.31. The summed E-state index contributed by atoms with van der Waals surface area (Å²) in [6.45, 7) is 1.56. The van der Waals surface area contributed by atoms with Crippen LogP contribution in [0.3, 0.4) is 0 Å². The number of hydrogen-bond acceptors (Lipinski definition) is 4. The van der Waals surface area contributed by atoms with Crippen molar-refractivity contribution in [3.05, 3.63) is 33.8 Å². The number of hydrogen-bond donors (Lipinski definition) is 3.